The van der Waals surface area contributed by atoms with Crippen LogP contribution in [0.15, 0.2) is 36.4 Å². The molecule has 0 fully saturated rings. The van der Waals surface area contributed by atoms with Crippen LogP contribution in [-0.2, 0) is 4.79 Å². The van der Waals surface area contributed by atoms with Crippen molar-refractivity contribution < 1.29 is 14.4 Å². The highest BCUT2D eigenvalue weighted by Crippen LogP contribution is 2.32. The zero-order valence-electron chi connectivity index (χ0n) is 19.8. The smallest absolute Gasteiger partial charge is 0.262 e. The summed E-state index contributed by atoms with van der Waals surface area (Å²) >= 11 is 1.47. The number of carbonyl (C=O) groups excluding carboxylic acids is 3. The van der Waals surface area contributed by atoms with E-state index in [1.54, 1.807) is 29.2 Å². The molecule has 180 valence electrons. The zero-order chi connectivity index (χ0) is 23.7. The Balaban J connectivity index is 0.00000324. The van der Waals surface area contributed by atoms with Gasteiger partial charge in [0.1, 0.15) is 6.54 Å². The molecule has 0 unspecified atom stereocenters. The Bertz CT molecular complexity index is 1200. The molecule has 4 rings (SSSR count). The van der Waals surface area contributed by atoms with Gasteiger partial charge in [-0.1, -0.05) is 43.4 Å². The lowest BCUT2D eigenvalue weighted by molar-refractivity contribution is -0.119. The van der Waals surface area contributed by atoms with Crippen molar-refractivity contribution in [1.82, 2.24) is 14.8 Å². The van der Waals surface area contributed by atoms with Crippen LogP contribution in [0.4, 0.5) is 5.13 Å². The fourth-order valence-corrected chi connectivity index (χ4v) is 5.25. The quantitative estimate of drug-likeness (QED) is 0.431. The summed E-state index contributed by atoms with van der Waals surface area (Å²) in [5, 5.41) is 0.590. The first-order chi connectivity index (χ1) is 15.8. The maximum atomic E-state index is 13.5. The molecule has 7 nitrogen and oxygen atoms in total. The van der Waals surface area contributed by atoms with Gasteiger partial charge in [0.25, 0.3) is 11.8 Å². The van der Waals surface area contributed by atoms with Crippen molar-refractivity contribution in [1.29, 1.82) is 0 Å². The van der Waals surface area contributed by atoms with Gasteiger partial charge >= 0.3 is 0 Å². The van der Waals surface area contributed by atoms with Crippen LogP contribution in [-0.4, -0.2) is 65.2 Å². The second kappa shape index (κ2) is 10.6. The summed E-state index contributed by atoms with van der Waals surface area (Å²) in [4.78, 5) is 48.7. The molecule has 0 bridgehead atoms. The van der Waals surface area contributed by atoms with Crippen molar-refractivity contribution in [3.05, 3.63) is 58.7 Å². The number of hydrogen-bond donors (Lipinski definition) is 0. The van der Waals surface area contributed by atoms with Gasteiger partial charge in [0.15, 0.2) is 5.13 Å². The number of carbonyl (C=O) groups is 3. The SMILES string of the molecule is CCN(CC)CCN(C(=O)CN1C(=O)c2ccccc2C1=O)c1nc2cc(C)cc(C)c2s1.Cl. The average Bonchev–Trinajstić information content (AvgIpc) is 3.32. The van der Waals surface area contributed by atoms with Crippen LogP contribution < -0.4 is 4.90 Å². The van der Waals surface area contributed by atoms with Crippen LogP contribution in [0.25, 0.3) is 10.2 Å². The Morgan fingerprint density at radius 1 is 1.00 bits per heavy atom. The fourth-order valence-electron chi connectivity index (χ4n) is 4.19. The van der Waals surface area contributed by atoms with E-state index in [4.69, 9.17) is 4.98 Å². The monoisotopic (exact) mass is 500 g/mol. The highest BCUT2D eigenvalue weighted by atomic mass is 35.5. The molecule has 1 aromatic heterocycles. The Labute approximate surface area is 209 Å². The molecule has 34 heavy (non-hydrogen) atoms. The maximum absolute atomic E-state index is 13.5. The first kappa shape index (κ1) is 25.8. The van der Waals surface area contributed by atoms with Gasteiger partial charge in [-0.3, -0.25) is 24.2 Å². The van der Waals surface area contributed by atoms with Gasteiger partial charge in [-0.15, -0.1) is 12.4 Å². The number of likely N-dealkylation sites (N-methyl/N-ethyl adjacent to an activating group) is 1. The molecule has 1 aliphatic heterocycles. The van der Waals surface area contributed by atoms with Crippen LogP contribution >= 0.6 is 23.7 Å². The van der Waals surface area contributed by atoms with E-state index in [2.05, 4.69) is 24.8 Å². The molecule has 2 aromatic carbocycles. The van der Waals surface area contributed by atoms with Crippen LogP contribution in [0.3, 0.4) is 0 Å². The van der Waals surface area contributed by atoms with Gasteiger partial charge in [0.05, 0.1) is 21.3 Å². The minimum Gasteiger partial charge on any atom is -0.302 e. The van der Waals surface area contributed by atoms with Crippen molar-refractivity contribution in [3.63, 3.8) is 0 Å². The third-order valence-electron chi connectivity index (χ3n) is 6.05. The highest BCUT2D eigenvalue weighted by Gasteiger charge is 2.37. The van der Waals surface area contributed by atoms with Crippen molar-refractivity contribution in [3.8, 4) is 0 Å². The third-order valence-corrected chi connectivity index (χ3v) is 7.28. The van der Waals surface area contributed by atoms with Crippen LogP contribution in [0.2, 0.25) is 0 Å². The van der Waals surface area contributed by atoms with Gasteiger partial charge in [-0.2, -0.15) is 0 Å². The number of anilines is 1. The molecule has 3 amide bonds. The molecule has 9 heteroatoms. The topological polar surface area (TPSA) is 73.8 Å². The lowest BCUT2D eigenvalue weighted by Crippen LogP contribution is -2.45. The van der Waals surface area contributed by atoms with E-state index in [9.17, 15) is 14.4 Å². The first-order valence-corrected chi connectivity index (χ1v) is 12.0. The van der Waals surface area contributed by atoms with E-state index >= 15 is 0 Å². The Kier molecular flexibility index (Phi) is 8.07. The number of hydrogen-bond acceptors (Lipinski definition) is 6. The highest BCUT2D eigenvalue weighted by molar-refractivity contribution is 7.22. The number of imide groups is 1. The molecule has 0 radical (unpaired) electrons. The second-order valence-corrected chi connectivity index (χ2v) is 9.22. The second-order valence-electron chi connectivity index (χ2n) is 8.24. The Hall–Kier alpha value is -2.81. The number of benzene rings is 2. The fraction of sp³-hybridized carbons (Fsp3) is 0.360. The Morgan fingerprint density at radius 2 is 1.62 bits per heavy atom. The van der Waals surface area contributed by atoms with Gasteiger partial charge in [-0.05, 0) is 56.3 Å². The minimum atomic E-state index is -0.427. The lowest BCUT2D eigenvalue weighted by atomic mass is 10.1. The van der Waals surface area contributed by atoms with Crippen LogP contribution in [0, 0.1) is 13.8 Å². The summed E-state index contributed by atoms with van der Waals surface area (Å²) in [5.74, 6) is -1.17. The minimum absolute atomic E-state index is 0. The molecule has 1 aliphatic rings. The zero-order valence-corrected chi connectivity index (χ0v) is 21.5. The molecule has 3 aromatic rings. The van der Waals surface area contributed by atoms with E-state index in [0.717, 1.165) is 39.3 Å². The molecule has 2 heterocycles. The summed E-state index contributed by atoms with van der Waals surface area (Å²) < 4.78 is 1.04. The van der Waals surface area contributed by atoms with E-state index < -0.39 is 11.8 Å². The van der Waals surface area contributed by atoms with Crippen LogP contribution in [0.5, 0.6) is 0 Å². The lowest BCUT2D eigenvalue weighted by Gasteiger charge is -2.26. The number of amides is 3. The predicted octanol–water partition coefficient (Wildman–Crippen LogP) is 4.31. The molecular weight excluding hydrogens is 472 g/mol. The van der Waals surface area contributed by atoms with Crippen molar-refractivity contribution in [2.24, 2.45) is 0 Å². The van der Waals surface area contributed by atoms with Crippen molar-refractivity contribution in [2.75, 3.05) is 37.6 Å². The van der Waals surface area contributed by atoms with Crippen molar-refractivity contribution in [2.45, 2.75) is 27.7 Å². The average molecular weight is 501 g/mol. The van der Waals surface area contributed by atoms with E-state index in [1.165, 1.54) is 11.3 Å². The standard InChI is InChI=1S/C25H28N4O3S.ClH/c1-5-27(6-2)11-12-28(25-26-20-14-16(3)13-17(4)22(20)33-25)21(30)15-29-23(31)18-9-7-8-10-19(18)24(29)32;/h7-10,13-14H,5-6,11-12,15H2,1-4H3;1H. The molecule has 0 atom stereocenters. The first-order valence-electron chi connectivity index (χ1n) is 11.2. The number of halogens is 1. The molecule has 0 aliphatic carbocycles. The number of nitrogens with zero attached hydrogens (tertiary/aromatic N) is 4. The summed E-state index contributed by atoms with van der Waals surface area (Å²) in [7, 11) is 0. The summed E-state index contributed by atoms with van der Waals surface area (Å²) in [6.07, 6.45) is 0. The number of aromatic nitrogens is 1. The summed E-state index contributed by atoms with van der Waals surface area (Å²) in [6, 6.07) is 10.8. The summed E-state index contributed by atoms with van der Waals surface area (Å²) in [6.45, 7) is 10.8. The number of aryl methyl sites for hydroxylation is 2. The maximum Gasteiger partial charge on any atom is 0.262 e. The molecular formula is C25H29ClN4O3S. The van der Waals surface area contributed by atoms with E-state index in [-0.39, 0.29) is 24.9 Å². The molecule has 0 spiro atoms. The van der Waals surface area contributed by atoms with Gasteiger partial charge in [-0.25, -0.2) is 4.98 Å². The molecule has 0 N–H and O–H groups in total. The normalized spacial score (nSPS) is 12.9. The number of rotatable bonds is 8. The van der Waals surface area contributed by atoms with Gasteiger partial charge in [0, 0.05) is 13.1 Å². The van der Waals surface area contributed by atoms with Crippen LogP contribution in [0.1, 0.15) is 45.7 Å². The number of fused-ring (bicyclic) bond motifs is 2. The number of thiazole rings is 1. The third kappa shape index (κ3) is 4.85. The van der Waals surface area contributed by atoms with Gasteiger partial charge in [0.2, 0.25) is 5.91 Å². The van der Waals surface area contributed by atoms with Gasteiger partial charge < -0.3 is 4.90 Å². The predicted molar refractivity (Wildman–Crippen MR) is 138 cm³/mol. The van der Waals surface area contributed by atoms with E-state index in [0.29, 0.717) is 29.3 Å². The van der Waals surface area contributed by atoms with Crippen molar-refractivity contribution >= 4 is 56.8 Å². The Morgan fingerprint density at radius 3 is 2.21 bits per heavy atom. The summed E-state index contributed by atoms with van der Waals surface area (Å²) in [5.41, 5.74) is 3.77. The molecule has 0 saturated heterocycles. The van der Waals surface area contributed by atoms with E-state index in [1.807, 2.05) is 19.9 Å². The molecule has 0 saturated carbocycles. The largest absolute Gasteiger partial charge is 0.302 e.